The second-order valence-corrected chi connectivity index (χ2v) is 8.92. The van der Waals surface area contributed by atoms with E-state index in [0.717, 1.165) is 73.3 Å². The Bertz CT molecular complexity index is 987. The third kappa shape index (κ3) is 2.67. The predicted molar refractivity (Wildman–Crippen MR) is 113 cm³/mol. The highest BCUT2D eigenvalue weighted by Gasteiger charge is 2.46. The van der Waals surface area contributed by atoms with Gasteiger partial charge in [-0.15, -0.1) is 0 Å². The largest absolute Gasteiger partial charge is 0.355 e. The van der Waals surface area contributed by atoms with Crippen LogP contribution in [-0.4, -0.2) is 46.5 Å². The number of rotatable bonds is 1. The van der Waals surface area contributed by atoms with Gasteiger partial charge in [-0.3, -0.25) is 9.98 Å². The molecule has 3 aliphatic heterocycles. The van der Waals surface area contributed by atoms with Crippen molar-refractivity contribution in [1.29, 1.82) is 0 Å². The molecule has 0 amide bonds. The highest BCUT2D eigenvalue weighted by Crippen LogP contribution is 2.45. The maximum absolute atomic E-state index is 6.45. The summed E-state index contributed by atoms with van der Waals surface area (Å²) < 4.78 is 0. The fraction of sp³-hybridized carbons (Fsp3) is 0.545. The highest BCUT2D eigenvalue weighted by atomic mass is 15.3. The van der Waals surface area contributed by atoms with Gasteiger partial charge in [-0.05, 0) is 44.2 Å². The van der Waals surface area contributed by atoms with Crippen molar-refractivity contribution >= 4 is 17.3 Å². The van der Waals surface area contributed by atoms with Gasteiger partial charge < -0.3 is 15.5 Å². The maximum atomic E-state index is 6.45. The molecule has 1 saturated heterocycles. The second-order valence-electron chi connectivity index (χ2n) is 8.92. The summed E-state index contributed by atoms with van der Waals surface area (Å²) in [4.78, 5) is 23.9. The van der Waals surface area contributed by atoms with E-state index in [0.29, 0.717) is 12.6 Å². The van der Waals surface area contributed by atoms with Gasteiger partial charge in [0, 0.05) is 37.3 Å². The van der Waals surface area contributed by atoms with Crippen molar-refractivity contribution in [3.05, 3.63) is 41.6 Å². The summed E-state index contributed by atoms with van der Waals surface area (Å²) in [7, 11) is 0. The number of aromatic nitrogens is 3. The van der Waals surface area contributed by atoms with Crippen LogP contribution in [0.25, 0.3) is 0 Å². The first-order chi connectivity index (χ1) is 14.2. The molecule has 0 bridgehead atoms. The van der Waals surface area contributed by atoms with Gasteiger partial charge in [-0.25, -0.2) is 9.97 Å². The molecule has 2 aromatic rings. The molecule has 5 heterocycles. The summed E-state index contributed by atoms with van der Waals surface area (Å²) in [6.45, 7) is 3.60. The quantitative estimate of drug-likeness (QED) is 0.806. The Balaban J connectivity index is 1.27. The lowest BCUT2D eigenvalue weighted by molar-refractivity contribution is 0.297. The molecule has 0 aromatic carbocycles. The van der Waals surface area contributed by atoms with E-state index in [-0.39, 0.29) is 5.41 Å². The lowest BCUT2D eigenvalue weighted by Gasteiger charge is -2.30. The fourth-order valence-corrected chi connectivity index (χ4v) is 5.68. The first-order valence-electron chi connectivity index (χ1n) is 10.9. The van der Waals surface area contributed by atoms with E-state index in [9.17, 15) is 0 Å². The van der Waals surface area contributed by atoms with Crippen LogP contribution in [-0.2, 0) is 13.0 Å². The topological polar surface area (TPSA) is 83.5 Å². The molecule has 1 spiro atoms. The number of hydrogen-bond donors (Lipinski definition) is 1. The Morgan fingerprint density at radius 1 is 1.10 bits per heavy atom. The number of pyridine rings is 1. The molecule has 1 aliphatic carbocycles. The number of aryl methyl sites for hydroxylation is 1. The van der Waals surface area contributed by atoms with Crippen LogP contribution in [0.1, 0.15) is 49.2 Å². The van der Waals surface area contributed by atoms with Gasteiger partial charge in [0.15, 0.2) is 5.84 Å². The maximum Gasteiger partial charge on any atom is 0.156 e. The molecule has 150 valence electrons. The van der Waals surface area contributed by atoms with Gasteiger partial charge in [-0.2, -0.15) is 0 Å². The normalized spacial score (nSPS) is 28.0. The molecule has 1 saturated carbocycles. The Hall–Kier alpha value is -2.54. The minimum Gasteiger partial charge on any atom is -0.355 e. The van der Waals surface area contributed by atoms with Crippen LogP contribution in [0.2, 0.25) is 0 Å². The molecule has 2 aromatic heterocycles. The highest BCUT2D eigenvalue weighted by molar-refractivity contribution is 6.11. The SMILES string of the molecule is N[C@H]1CCC[C@@]12CCN(c1cnc3c(n1)CN=C3N1CCCc3ncccc31)C2. The zero-order chi connectivity index (χ0) is 19.4. The fourth-order valence-electron chi connectivity index (χ4n) is 5.68. The minimum absolute atomic E-state index is 0.285. The molecular weight excluding hydrogens is 362 g/mol. The summed E-state index contributed by atoms with van der Waals surface area (Å²) in [5.74, 6) is 1.93. The summed E-state index contributed by atoms with van der Waals surface area (Å²) in [5.41, 5.74) is 11.0. The van der Waals surface area contributed by atoms with Gasteiger partial charge >= 0.3 is 0 Å². The van der Waals surface area contributed by atoms with Crippen molar-refractivity contribution in [2.75, 3.05) is 29.4 Å². The van der Waals surface area contributed by atoms with Crippen molar-refractivity contribution in [2.45, 2.75) is 51.1 Å². The molecule has 0 unspecified atom stereocenters. The average Bonchev–Trinajstić information content (AvgIpc) is 3.47. The molecule has 2 fully saturated rings. The van der Waals surface area contributed by atoms with Crippen LogP contribution >= 0.6 is 0 Å². The average molecular weight is 390 g/mol. The van der Waals surface area contributed by atoms with Crippen LogP contribution in [0.5, 0.6) is 0 Å². The second kappa shape index (κ2) is 6.49. The predicted octanol–water partition coefficient (Wildman–Crippen LogP) is 2.29. The van der Waals surface area contributed by atoms with Crippen molar-refractivity contribution in [3.8, 4) is 0 Å². The van der Waals surface area contributed by atoms with Gasteiger partial charge in [-0.1, -0.05) is 6.42 Å². The van der Waals surface area contributed by atoms with E-state index in [2.05, 4.69) is 20.9 Å². The van der Waals surface area contributed by atoms with E-state index < -0.39 is 0 Å². The van der Waals surface area contributed by atoms with E-state index in [1.807, 2.05) is 18.5 Å². The van der Waals surface area contributed by atoms with Gasteiger partial charge in [0.05, 0.1) is 29.8 Å². The molecular formula is C22H27N7. The molecule has 29 heavy (non-hydrogen) atoms. The first kappa shape index (κ1) is 17.3. The van der Waals surface area contributed by atoms with Crippen LogP contribution in [0.15, 0.2) is 29.5 Å². The van der Waals surface area contributed by atoms with Crippen molar-refractivity contribution < 1.29 is 0 Å². The molecule has 2 N–H and O–H groups in total. The lowest BCUT2D eigenvalue weighted by Crippen LogP contribution is -2.39. The molecule has 0 radical (unpaired) electrons. The summed E-state index contributed by atoms with van der Waals surface area (Å²) in [6, 6.07) is 4.47. The molecule has 4 aliphatic rings. The number of aliphatic imine (C=N–C) groups is 1. The molecule has 6 rings (SSSR count). The number of fused-ring (bicyclic) bond motifs is 2. The molecule has 2 atom stereocenters. The minimum atomic E-state index is 0.285. The smallest absolute Gasteiger partial charge is 0.156 e. The number of amidine groups is 1. The zero-order valence-corrected chi connectivity index (χ0v) is 16.7. The Morgan fingerprint density at radius 2 is 2.07 bits per heavy atom. The monoisotopic (exact) mass is 389 g/mol. The van der Waals surface area contributed by atoms with Crippen molar-refractivity contribution in [1.82, 2.24) is 15.0 Å². The first-order valence-corrected chi connectivity index (χ1v) is 10.9. The number of nitrogens with zero attached hydrogens (tertiary/aromatic N) is 6. The Kier molecular flexibility index (Phi) is 3.88. The number of hydrogen-bond acceptors (Lipinski definition) is 7. The zero-order valence-electron chi connectivity index (χ0n) is 16.7. The Morgan fingerprint density at radius 3 is 2.97 bits per heavy atom. The standard InChI is InChI=1S/C22H27N7/c23-18-6-1-7-22(18)8-11-28(14-22)19-13-25-20-16(27-19)12-26-21(20)29-10-3-4-15-17(29)5-2-9-24-15/h2,5,9,13,18H,1,3-4,6-8,10-12,14,23H2/t18-,22-/m0/s1. The Labute approximate surface area is 171 Å². The third-order valence-electron chi connectivity index (χ3n) is 7.32. The number of nitrogens with two attached hydrogens (primary N) is 1. The van der Waals surface area contributed by atoms with E-state index in [4.69, 9.17) is 20.7 Å². The molecule has 7 nitrogen and oxygen atoms in total. The van der Waals surface area contributed by atoms with Crippen LogP contribution < -0.4 is 15.5 Å². The van der Waals surface area contributed by atoms with Crippen LogP contribution in [0.4, 0.5) is 11.5 Å². The van der Waals surface area contributed by atoms with Crippen LogP contribution in [0, 0.1) is 5.41 Å². The van der Waals surface area contributed by atoms with Gasteiger partial charge in [0.25, 0.3) is 0 Å². The van der Waals surface area contributed by atoms with Gasteiger partial charge in [0.1, 0.15) is 11.5 Å². The van der Waals surface area contributed by atoms with E-state index >= 15 is 0 Å². The third-order valence-corrected chi connectivity index (χ3v) is 7.32. The summed E-state index contributed by atoms with van der Waals surface area (Å²) >= 11 is 0. The number of anilines is 2. The summed E-state index contributed by atoms with van der Waals surface area (Å²) in [5, 5.41) is 0. The van der Waals surface area contributed by atoms with Crippen molar-refractivity contribution in [3.63, 3.8) is 0 Å². The van der Waals surface area contributed by atoms with Crippen LogP contribution in [0.3, 0.4) is 0 Å². The summed E-state index contributed by atoms with van der Waals surface area (Å²) in [6.07, 6.45) is 10.8. The van der Waals surface area contributed by atoms with E-state index in [1.165, 1.54) is 19.3 Å². The van der Waals surface area contributed by atoms with Crippen molar-refractivity contribution in [2.24, 2.45) is 16.1 Å². The lowest BCUT2D eigenvalue weighted by atomic mass is 9.82. The van der Waals surface area contributed by atoms with Gasteiger partial charge in [0.2, 0.25) is 0 Å². The molecule has 7 heteroatoms. The van der Waals surface area contributed by atoms with E-state index in [1.54, 1.807) is 0 Å².